The van der Waals surface area contributed by atoms with E-state index in [-0.39, 0.29) is 6.10 Å². The Morgan fingerprint density at radius 2 is 2.28 bits per heavy atom. The van der Waals surface area contributed by atoms with E-state index in [1.807, 2.05) is 0 Å². The summed E-state index contributed by atoms with van der Waals surface area (Å²) in [6.07, 6.45) is 3.89. The average Bonchev–Trinajstić information content (AvgIpc) is 3.11. The molecule has 2 unspecified atom stereocenters. The molecular formula is C15H20ClNO. The fourth-order valence-electron chi connectivity index (χ4n) is 2.57. The number of benzene rings is 1. The van der Waals surface area contributed by atoms with E-state index in [2.05, 4.69) is 30.4 Å². The molecule has 1 saturated carbocycles. The zero-order chi connectivity index (χ0) is 12.5. The topological polar surface area (TPSA) is 21.3 Å². The highest BCUT2D eigenvalue weighted by molar-refractivity contribution is 6.21. The first-order valence-electron chi connectivity index (χ1n) is 6.83. The molecule has 0 radical (unpaired) electrons. The molecule has 98 valence electrons. The zero-order valence-electron chi connectivity index (χ0n) is 10.8. The van der Waals surface area contributed by atoms with Gasteiger partial charge in [-0.05, 0) is 37.3 Å². The van der Waals surface area contributed by atoms with Crippen LogP contribution in [0.1, 0.15) is 24.0 Å². The molecule has 1 aliphatic heterocycles. The van der Waals surface area contributed by atoms with Crippen LogP contribution in [0.3, 0.4) is 0 Å². The van der Waals surface area contributed by atoms with Crippen LogP contribution in [0.4, 0.5) is 0 Å². The van der Waals surface area contributed by atoms with Crippen LogP contribution in [0.5, 0.6) is 5.75 Å². The van der Waals surface area contributed by atoms with Crippen molar-refractivity contribution in [3.8, 4) is 5.75 Å². The van der Waals surface area contributed by atoms with Gasteiger partial charge in [0, 0.05) is 24.9 Å². The number of hydrogen-bond acceptors (Lipinski definition) is 2. The van der Waals surface area contributed by atoms with E-state index < -0.39 is 0 Å². The third-order valence-corrected chi connectivity index (χ3v) is 4.31. The molecule has 1 heterocycles. The highest BCUT2D eigenvalue weighted by Crippen LogP contribution is 2.35. The molecule has 3 heteroatoms. The molecule has 2 atom stereocenters. The Labute approximate surface area is 114 Å². The van der Waals surface area contributed by atoms with Crippen molar-refractivity contribution >= 4 is 11.6 Å². The molecular weight excluding hydrogens is 246 g/mol. The smallest absolute Gasteiger partial charge is 0.123 e. The predicted octanol–water partition coefficient (Wildman–Crippen LogP) is 2.91. The Kier molecular flexibility index (Phi) is 3.49. The van der Waals surface area contributed by atoms with E-state index in [9.17, 15) is 0 Å². The molecule has 3 rings (SSSR count). The van der Waals surface area contributed by atoms with E-state index in [0.717, 1.165) is 31.2 Å². The quantitative estimate of drug-likeness (QED) is 0.827. The molecule has 0 bridgehead atoms. The third-order valence-electron chi connectivity index (χ3n) is 3.80. The van der Waals surface area contributed by atoms with Crippen molar-refractivity contribution in [3.05, 3.63) is 29.3 Å². The monoisotopic (exact) mass is 265 g/mol. The van der Waals surface area contributed by atoms with E-state index in [0.29, 0.717) is 5.38 Å². The molecule has 0 amide bonds. The molecule has 1 aromatic rings. The lowest BCUT2D eigenvalue weighted by Crippen LogP contribution is -2.34. The molecule has 0 spiro atoms. The number of rotatable bonds is 5. The fraction of sp³-hybridized carbons (Fsp3) is 0.600. The standard InChI is InChI=1S/C15H20ClNO/c1-10-2-5-15-12(6-10)7-13(18-15)8-17-9-14(16)11-3-4-11/h2,5-6,11,13-14,17H,3-4,7-9H2,1H3. The van der Waals surface area contributed by atoms with Gasteiger partial charge in [0.1, 0.15) is 11.9 Å². The van der Waals surface area contributed by atoms with Gasteiger partial charge in [-0.1, -0.05) is 17.7 Å². The number of ether oxygens (including phenoxy) is 1. The highest BCUT2D eigenvalue weighted by atomic mass is 35.5. The van der Waals surface area contributed by atoms with Crippen LogP contribution in [0, 0.1) is 12.8 Å². The summed E-state index contributed by atoms with van der Waals surface area (Å²) in [6, 6.07) is 6.42. The first-order chi connectivity index (χ1) is 8.72. The molecule has 18 heavy (non-hydrogen) atoms. The van der Waals surface area contributed by atoms with Gasteiger partial charge >= 0.3 is 0 Å². The van der Waals surface area contributed by atoms with Crippen LogP contribution >= 0.6 is 11.6 Å². The molecule has 0 aromatic heterocycles. The second kappa shape index (κ2) is 5.10. The van der Waals surface area contributed by atoms with Crippen molar-refractivity contribution in [2.45, 2.75) is 37.7 Å². The molecule has 1 aliphatic carbocycles. The Hall–Kier alpha value is -0.730. The summed E-state index contributed by atoms with van der Waals surface area (Å²) in [5.74, 6) is 1.81. The first kappa shape index (κ1) is 12.3. The van der Waals surface area contributed by atoms with Crippen LogP contribution in [-0.2, 0) is 6.42 Å². The minimum atomic E-state index is 0.268. The number of aryl methyl sites for hydroxylation is 1. The number of hydrogen-bond donors (Lipinski definition) is 1. The van der Waals surface area contributed by atoms with E-state index in [1.54, 1.807) is 0 Å². The largest absolute Gasteiger partial charge is 0.488 e. The summed E-state index contributed by atoms with van der Waals surface area (Å²) in [5, 5.41) is 3.74. The lowest BCUT2D eigenvalue weighted by molar-refractivity contribution is 0.227. The van der Waals surface area contributed by atoms with Crippen molar-refractivity contribution in [2.24, 2.45) is 5.92 Å². The van der Waals surface area contributed by atoms with Gasteiger partial charge in [0.2, 0.25) is 0 Å². The number of fused-ring (bicyclic) bond motifs is 1. The summed E-state index contributed by atoms with van der Waals surface area (Å²) < 4.78 is 5.91. The van der Waals surface area contributed by atoms with Gasteiger partial charge < -0.3 is 10.1 Å². The number of nitrogens with one attached hydrogen (secondary N) is 1. The van der Waals surface area contributed by atoms with Crippen molar-refractivity contribution in [1.82, 2.24) is 5.32 Å². The van der Waals surface area contributed by atoms with Crippen molar-refractivity contribution in [3.63, 3.8) is 0 Å². The van der Waals surface area contributed by atoms with Gasteiger partial charge in [-0.2, -0.15) is 0 Å². The maximum Gasteiger partial charge on any atom is 0.123 e. The Morgan fingerprint density at radius 3 is 3.06 bits per heavy atom. The van der Waals surface area contributed by atoms with Gasteiger partial charge in [0.05, 0.1) is 0 Å². The third kappa shape index (κ3) is 2.81. The minimum Gasteiger partial charge on any atom is -0.488 e. The highest BCUT2D eigenvalue weighted by Gasteiger charge is 2.29. The number of halogens is 1. The zero-order valence-corrected chi connectivity index (χ0v) is 11.5. The van der Waals surface area contributed by atoms with Crippen LogP contribution in [-0.4, -0.2) is 24.6 Å². The SMILES string of the molecule is Cc1ccc2c(c1)CC(CNCC(Cl)C1CC1)O2. The van der Waals surface area contributed by atoms with Gasteiger partial charge in [-0.25, -0.2) is 0 Å². The van der Waals surface area contributed by atoms with Crippen LogP contribution < -0.4 is 10.1 Å². The Morgan fingerprint density at radius 1 is 1.44 bits per heavy atom. The molecule has 1 fully saturated rings. The van der Waals surface area contributed by atoms with E-state index in [4.69, 9.17) is 16.3 Å². The molecule has 2 nitrogen and oxygen atoms in total. The lowest BCUT2D eigenvalue weighted by atomic mass is 10.1. The summed E-state index contributed by atoms with van der Waals surface area (Å²) in [6.45, 7) is 3.92. The molecule has 1 aromatic carbocycles. The fourth-order valence-corrected chi connectivity index (χ4v) is 2.93. The predicted molar refractivity (Wildman–Crippen MR) is 74.5 cm³/mol. The maximum atomic E-state index is 6.27. The van der Waals surface area contributed by atoms with E-state index in [1.165, 1.54) is 24.0 Å². The molecule has 1 N–H and O–H groups in total. The second-order valence-electron chi connectivity index (χ2n) is 5.57. The summed E-state index contributed by atoms with van der Waals surface area (Å²) in [5.41, 5.74) is 2.65. The number of alkyl halides is 1. The van der Waals surface area contributed by atoms with Gasteiger partial charge in [-0.15, -0.1) is 11.6 Å². The maximum absolute atomic E-state index is 6.27. The van der Waals surface area contributed by atoms with Gasteiger partial charge in [-0.3, -0.25) is 0 Å². The lowest BCUT2D eigenvalue weighted by Gasteiger charge is -2.14. The van der Waals surface area contributed by atoms with E-state index >= 15 is 0 Å². The normalized spacial score (nSPS) is 23.6. The average molecular weight is 266 g/mol. The van der Waals surface area contributed by atoms with Crippen LogP contribution in [0.15, 0.2) is 18.2 Å². The summed E-state index contributed by atoms with van der Waals surface area (Å²) >= 11 is 6.27. The molecule has 0 saturated heterocycles. The van der Waals surface area contributed by atoms with Crippen molar-refractivity contribution in [2.75, 3.05) is 13.1 Å². The van der Waals surface area contributed by atoms with Crippen LogP contribution in [0.25, 0.3) is 0 Å². The first-order valence-corrected chi connectivity index (χ1v) is 7.27. The summed E-state index contributed by atoms with van der Waals surface area (Å²) in [4.78, 5) is 0. The summed E-state index contributed by atoms with van der Waals surface area (Å²) in [7, 11) is 0. The Balaban J connectivity index is 1.45. The van der Waals surface area contributed by atoms with Gasteiger partial charge in [0.25, 0.3) is 0 Å². The van der Waals surface area contributed by atoms with Crippen molar-refractivity contribution in [1.29, 1.82) is 0 Å². The second-order valence-corrected chi connectivity index (χ2v) is 6.13. The van der Waals surface area contributed by atoms with Crippen molar-refractivity contribution < 1.29 is 4.74 Å². The molecule has 2 aliphatic rings. The van der Waals surface area contributed by atoms with Crippen LogP contribution in [0.2, 0.25) is 0 Å². The van der Waals surface area contributed by atoms with Gasteiger partial charge in [0.15, 0.2) is 0 Å². The Bertz CT molecular complexity index is 431. The minimum absolute atomic E-state index is 0.268.